The van der Waals surface area contributed by atoms with Crippen LogP contribution in [0.15, 0.2) is 0 Å². The van der Waals surface area contributed by atoms with Crippen molar-refractivity contribution in [2.45, 2.75) is 33.6 Å². The van der Waals surface area contributed by atoms with Crippen molar-refractivity contribution in [2.24, 2.45) is 11.3 Å². The van der Waals surface area contributed by atoms with Crippen LogP contribution in [-0.2, 0) is 14.4 Å². The zero-order chi connectivity index (χ0) is 10.2. The maximum Gasteiger partial charge on any atom is 0.151 e. The van der Waals surface area contributed by atoms with Crippen LogP contribution in [0.25, 0.3) is 0 Å². The lowest BCUT2D eigenvalue weighted by Gasteiger charge is -2.30. The third kappa shape index (κ3) is 2.02. The minimum absolute atomic E-state index is 0.214. The predicted octanol–water partition coefficient (Wildman–Crippen LogP) is 1.15. The number of Topliss-reactive ketones (excluding diaryl/α,β-unsaturated/α-hetero) is 3. The molecule has 0 N–H and O–H groups in total. The van der Waals surface area contributed by atoms with Gasteiger partial charge in [0.25, 0.3) is 0 Å². The average Bonchev–Trinajstić information content (AvgIpc) is 1.78. The molecular formula is C10H14O3. The molecule has 0 radical (unpaired) electrons. The van der Waals surface area contributed by atoms with Gasteiger partial charge in [-0.3, -0.25) is 14.4 Å². The number of rotatable bonds is 1. The molecule has 1 aliphatic rings. The molecule has 1 aliphatic carbocycles. The highest BCUT2D eigenvalue weighted by Gasteiger charge is 2.41. The Morgan fingerprint density at radius 3 is 1.92 bits per heavy atom. The van der Waals surface area contributed by atoms with Crippen molar-refractivity contribution in [1.29, 1.82) is 0 Å². The fourth-order valence-corrected chi connectivity index (χ4v) is 1.84. The standard InChI is InChI=1S/C10H14O3/c1-6(11)9-7(12)4-10(2,3)5-8(9)13/h9H,4-5H2,1-3H3. The second-order valence-corrected chi connectivity index (χ2v) is 4.49. The molecule has 3 heteroatoms. The molecule has 0 aliphatic heterocycles. The molecule has 1 saturated carbocycles. The molecule has 0 aromatic heterocycles. The van der Waals surface area contributed by atoms with Crippen LogP contribution in [0, 0.1) is 11.3 Å². The second kappa shape index (κ2) is 3.05. The Balaban J connectivity index is 2.89. The predicted molar refractivity (Wildman–Crippen MR) is 47.2 cm³/mol. The Morgan fingerprint density at radius 1 is 1.23 bits per heavy atom. The highest BCUT2D eigenvalue weighted by Crippen LogP contribution is 2.33. The number of carbonyl (C=O) groups excluding carboxylic acids is 3. The van der Waals surface area contributed by atoms with Gasteiger partial charge in [-0.15, -0.1) is 0 Å². The Kier molecular flexibility index (Phi) is 2.37. The van der Waals surface area contributed by atoms with E-state index in [-0.39, 0.29) is 22.8 Å². The number of hydrogen-bond acceptors (Lipinski definition) is 3. The topological polar surface area (TPSA) is 51.2 Å². The highest BCUT2D eigenvalue weighted by molar-refractivity contribution is 6.20. The molecule has 0 atom stereocenters. The minimum atomic E-state index is -0.965. The van der Waals surface area contributed by atoms with Crippen LogP contribution >= 0.6 is 0 Å². The molecule has 1 fully saturated rings. The summed E-state index contributed by atoms with van der Waals surface area (Å²) in [5, 5.41) is 0. The number of hydrogen-bond donors (Lipinski definition) is 0. The summed E-state index contributed by atoms with van der Waals surface area (Å²) in [4.78, 5) is 33.8. The van der Waals surface area contributed by atoms with E-state index in [2.05, 4.69) is 0 Å². The summed E-state index contributed by atoms with van der Waals surface area (Å²) in [6, 6.07) is 0. The molecule has 3 nitrogen and oxygen atoms in total. The van der Waals surface area contributed by atoms with Gasteiger partial charge >= 0.3 is 0 Å². The molecule has 0 spiro atoms. The van der Waals surface area contributed by atoms with Gasteiger partial charge in [0, 0.05) is 12.8 Å². The first-order valence-corrected chi connectivity index (χ1v) is 4.39. The Morgan fingerprint density at radius 2 is 1.62 bits per heavy atom. The van der Waals surface area contributed by atoms with Crippen LogP contribution in [0.5, 0.6) is 0 Å². The molecule has 0 bridgehead atoms. The summed E-state index contributed by atoms with van der Waals surface area (Å²) in [5.41, 5.74) is -0.264. The fourth-order valence-electron chi connectivity index (χ4n) is 1.84. The van der Waals surface area contributed by atoms with Gasteiger partial charge in [-0.2, -0.15) is 0 Å². The van der Waals surface area contributed by atoms with Gasteiger partial charge in [0.2, 0.25) is 0 Å². The van der Waals surface area contributed by atoms with Crippen molar-refractivity contribution in [1.82, 2.24) is 0 Å². The smallest absolute Gasteiger partial charge is 0.151 e. The molecule has 0 heterocycles. The Bertz CT molecular complexity index is 256. The van der Waals surface area contributed by atoms with E-state index in [0.717, 1.165) is 0 Å². The maximum atomic E-state index is 11.4. The largest absolute Gasteiger partial charge is 0.299 e. The van der Waals surface area contributed by atoms with Gasteiger partial charge in [0.1, 0.15) is 11.7 Å². The first kappa shape index (κ1) is 10.1. The van der Waals surface area contributed by atoms with Crippen LogP contribution in [0.1, 0.15) is 33.6 Å². The first-order valence-electron chi connectivity index (χ1n) is 4.39. The molecule has 0 amide bonds. The van der Waals surface area contributed by atoms with Gasteiger partial charge in [-0.05, 0) is 12.3 Å². The van der Waals surface area contributed by atoms with E-state index in [1.807, 2.05) is 13.8 Å². The lowest BCUT2D eigenvalue weighted by atomic mass is 9.70. The SMILES string of the molecule is CC(=O)C1C(=O)CC(C)(C)CC1=O. The summed E-state index contributed by atoms with van der Waals surface area (Å²) in [6.45, 7) is 5.05. The van der Waals surface area contributed by atoms with Gasteiger partial charge in [0.15, 0.2) is 11.6 Å². The number of carbonyl (C=O) groups is 3. The highest BCUT2D eigenvalue weighted by atomic mass is 16.2. The molecule has 13 heavy (non-hydrogen) atoms. The van der Waals surface area contributed by atoms with Crippen molar-refractivity contribution in [3.63, 3.8) is 0 Å². The lowest BCUT2D eigenvalue weighted by molar-refractivity contribution is -0.144. The quantitative estimate of drug-likeness (QED) is 0.571. The minimum Gasteiger partial charge on any atom is -0.299 e. The summed E-state index contributed by atoms with van der Waals surface area (Å²) in [5.74, 6) is -1.71. The molecule has 72 valence electrons. The molecule has 0 unspecified atom stereocenters. The van der Waals surface area contributed by atoms with Crippen LogP contribution in [-0.4, -0.2) is 17.3 Å². The van der Waals surface area contributed by atoms with E-state index in [1.54, 1.807) is 0 Å². The third-order valence-corrected chi connectivity index (χ3v) is 2.36. The van der Waals surface area contributed by atoms with E-state index in [9.17, 15) is 14.4 Å². The Hall–Kier alpha value is -0.990. The number of ketones is 3. The second-order valence-electron chi connectivity index (χ2n) is 4.49. The summed E-state index contributed by atoms with van der Waals surface area (Å²) in [6.07, 6.45) is 0.673. The van der Waals surface area contributed by atoms with Crippen molar-refractivity contribution in [2.75, 3.05) is 0 Å². The van der Waals surface area contributed by atoms with Crippen LogP contribution in [0.2, 0.25) is 0 Å². The summed E-state index contributed by atoms with van der Waals surface area (Å²) in [7, 11) is 0. The zero-order valence-corrected chi connectivity index (χ0v) is 8.22. The van der Waals surface area contributed by atoms with Gasteiger partial charge < -0.3 is 0 Å². The summed E-state index contributed by atoms with van der Waals surface area (Å²) < 4.78 is 0. The van der Waals surface area contributed by atoms with Crippen LogP contribution in [0.3, 0.4) is 0 Å². The summed E-state index contributed by atoms with van der Waals surface area (Å²) >= 11 is 0. The average molecular weight is 182 g/mol. The van der Waals surface area contributed by atoms with E-state index in [4.69, 9.17) is 0 Å². The van der Waals surface area contributed by atoms with E-state index >= 15 is 0 Å². The Labute approximate surface area is 77.5 Å². The van der Waals surface area contributed by atoms with Crippen molar-refractivity contribution in [3.8, 4) is 0 Å². The van der Waals surface area contributed by atoms with Crippen LogP contribution in [0.4, 0.5) is 0 Å². The van der Waals surface area contributed by atoms with Gasteiger partial charge in [-0.25, -0.2) is 0 Å². The van der Waals surface area contributed by atoms with Crippen LogP contribution < -0.4 is 0 Å². The van der Waals surface area contributed by atoms with Gasteiger partial charge in [-0.1, -0.05) is 13.8 Å². The van der Waals surface area contributed by atoms with Crippen molar-refractivity contribution in [3.05, 3.63) is 0 Å². The molecule has 0 saturated heterocycles. The first-order chi connectivity index (χ1) is 5.83. The van der Waals surface area contributed by atoms with E-state index in [1.165, 1.54) is 6.92 Å². The van der Waals surface area contributed by atoms with Crippen molar-refractivity contribution >= 4 is 17.3 Å². The monoisotopic (exact) mass is 182 g/mol. The fraction of sp³-hybridized carbons (Fsp3) is 0.700. The van der Waals surface area contributed by atoms with Gasteiger partial charge in [0.05, 0.1) is 0 Å². The lowest BCUT2D eigenvalue weighted by Crippen LogP contribution is -2.40. The molecule has 0 aromatic rings. The molecule has 1 rings (SSSR count). The van der Waals surface area contributed by atoms with Crippen molar-refractivity contribution < 1.29 is 14.4 Å². The molecule has 0 aromatic carbocycles. The third-order valence-electron chi connectivity index (χ3n) is 2.36. The maximum absolute atomic E-state index is 11.4. The van der Waals surface area contributed by atoms with E-state index < -0.39 is 5.92 Å². The van der Waals surface area contributed by atoms with E-state index in [0.29, 0.717) is 12.8 Å². The zero-order valence-electron chi connectivity index (χ0n) is 8.22. The normalized spacial score (nSPS) is 23.3. The molecular weight excluding hydrogens is 168 g/mol.